The molecule has 26 heavy (non-hydrogen) atoms. The first-order chi connectivity index (χ1) is 12.5. The molecule has 2 amide bonds. The minimum atomic E-state index is -0.428. The highest BCUT2D eigenvalue weighted by atomic mass is 16.2. The normalized spacial score (nSPS) is 20.1. The van der Waals surface area contributed by atoms with Crippen LogP contribution in [0.5, 0.6) is 0 Å². The van der Waals surface area contributed by atoms with E-state index in [9.17, 15) is 9.59 Å². The number of nitrogens with two attached hydrogens (primary N) is 1. The van der Waals surface area contributed by atoms with Crippen LogP contribution >= 0.6 is 0 Å². The van der Waals surface area contributed by atoms with E-state index in [-0.39, 0.29) is 11.8 Å². The third-order valence-electron chi connectivity index (χ3n) is 4.83. The molecular weight excluding hydrogens is 328 g/mol. The van der Waals surface area contributed by atoms with Gasteiger partial charge in [-0.25, -0.2) is 0 Å². The van der Waals surface area contributed by atoms with Crippen LogP contribution in [-0.4, -0.2) is 33.8 Å². The molecule has 1 aliphatic rings. The number of benzene rings is 1. The van der Waals surface area contributed by atoms with Crippen molar-refractivity contribution in [3.63, 3.8) is 0 Å². The number of nitrogens with zero attached hydrogens (tertiary/aromatic N) is 2. The molecule has 1 saturated heterocycles. The topological polar surface area (TPSA) is 88.3 Å². The third-order valence-corrected chi connectivity index (χ3v) is 4.83. The molecular formula is C20H24N4O2. The first kappa shape index (κ1) is 18.1. The molecule has 0 saturated carbocycles. The Kier molecular flexibility index (Phi) is 5.32. The number of pyridine rings is 1. The van der Waals surface area contributed by atoms with Crippen LogP contribution < -0.4 is 11.1 Å². The lowest BCUT2D eigenvalue weighted by molar-refractivity contribution is -0.125. The number of carbonyl (C=O) groups excluding carboxylic acids is 2. The Morgan fingerprint density at radius 1 is 1.19 bits per heavy atom. The van der Waals surface area contributed by atoms with Crippen LogP contribution in [0.2, 0.25) is 0 Å². The Morgan fingerprint density at radius 2 is 1.88 bits per heavy atom. The number of anilines is 1. The molecule has 1 fully saturated rings. The van der Waals surface area contributed by atoms with Crippen molar-refractivity contribution in [3.8, 4) is 0 Å². The zero-order valence-corrected chi connectivity index (χ0v) is 15.1. The molecule has 2 heterocycles. The predicted molar refractivity (Wildman–Crippen MR) is 100 cm³/mol. The van der Waals surface area contributed by atoms with E-state index in [1.807, 2.05) is 55.1 Å². The first-order valence-corrected chi connectivity index (χ1v) is 8.79. The fourth-order valence-corrected chi connectivity index (χ4v) is 3.45. The average Bonchev–Trinajstić information content (AvgIpc) is 3.03. The fourth-order valence-electron chi connectivity index (χ4n) is 3.45. The minimum Gasteiger partial charge on any atom is -0.368 e. The van der Waals surface area contributed by atoms with Crippen LogP contribution in [-0.2, 0) is 16.1 Å². The second-order valence-corrected chi connectivity index (χ2v) is 6.80. The Labute approximate surface area is 153 Å². The molecule has 0 radical (unpaired) electrons. The van der Waals surface area contributed by atoms with Gasteiger partial charge in [0.05, 0.1) is 23.5 Å². The summed E-state index contributed by atoms with van der Waals surface area (Å²) < 4.78 is 0. The first-order valence-electron chi connectivity index (χ1n) is 8.79. The van der Waals surface area contributed by atoms with Gasteiger partial charge in [0.2, 0.25) is 11.8 Å². The summed E-state index contributed by atoms with van der Waals surface area (Å²) in [7, 11) is 0. The predicted octanol–water partition coefficient (Wildman–Crippen LogP) is 2.16. The van der Waals surface area contributed by atoms with Gasteiger partial charge in [0.1, 0.15) is 0 Å². The highest BCUT2D eigenvalue weighted by molar-refractivity contribution is 5.96. The van der Waals surface area contributed by atoms with Crippen LogP contribution in [0.1, 0.15) is 29.7 Å². The molecule has 0 spiro atoms. The summed E-state index contributed by atoms with van der Waals surface area (Å²) in [5, 5.41) is 2.97. The number of likely N-dealkylation sites (tertiary alicyclic amines) is 1. The van der Waals surface area contributed by atoms with Crippen molar-refractivity contribution in [2.75, 3.05) is 5.32 Å². The van der Waals surface area contributed by atoms with Crippen LogP contribution in [0.15, 0.2) is 42.6 Å². The van der Waals surface area contributed by atoms with Crippen LogP contribution in [0.4, 0.5) is 5.69 Å². The summed E-state index contributed by atoms with van der Waals surface area (Å²) in [5.74, 6) is -0.509. The molecule has 1 aromatic heterocycles. The lowest BCUT2D eigenvalue weighted by Crippen LogP contribution is -2.47. The van der Waals surface area contributed by atoms with E-state index in [0.717, 1.165) is 16.8 Å². The molecule has 0 bridgehead atoms. The number of aryl methyl sites for hydroxylation is 2. The molecule has 0 unspecified atom stereocenters. The maximum Gasteiger partial charge on any atom is 0.241 e. The minimum absolute atomic E-state index is 0.125. The maximum absolute atomic E-state index is 12.9. The SMILES string of the molecule is Cc1cnc(C)c(NC(=O)[C@H]2CC[C@@H](C(N)=O)N2Cc2ccccc2)c1. The number of primary amides is 1. The van der Waals surface area contributed by atoms with Gasteiger partial charge in [0.15, 0.2) is 0 Å². The van der Waals surface area contributed by atoms with Gasteiger partial charge in [-0.1, -0.05) is 30.3 Å². The molecule has 2 atom stereocenters. The Balaban J connectivity index is 1.80. The van der Waals surface area contributed by atoms with Gasteiger partial charge in [-0.05, 0) is 43.9 Å². The Morgan fingerprint density at radius 3 is 2.58 bits per heavy atom. The van der Waals surface area contributed by atoms with E-state index >= 15 is 0 Å². The number of aromatic nitrogens is 1. The zero-order chi connectivity index (χ0) is 18.7. The second kappa shape index (κ2) is 7.66. The lowest BCUT2D eigenvalue weighted by Gasteiger charge is -2.28. The van der Waals surface area contributed by atoms with Crippen molar-refractivity contribution in [3.05, 3.63) is 59.4 Å². The summed E-state index contributed by atoms with van der Waals surface area (Å²) in [5.41, 5.74) is 9.08. The van der Waals surface area contributed by atoms with Gasteiger partial charge in [-0.2, -0.15) is 0 Å². The Hall–Kier alpha value is -2.73. The van der Waals surface area contributed by atoms with Gasteiger partial charge >= 0.3 is 0 Å². The van der Waals surface area contributed by atoms with E-state index < -0.39 is 12.1 Å². The zero-order valence-electron chi connectivity index (χ0n) is 15.1. The summed E-state index contributed by atoms with van der Waals surface area (Å²) >= 11 is 0. The van der Waals surface area contributed by atoms with Crippen LogP contribution in [0.3, 0.4) is 0 Å². The molecule has 0 aliphatic carbocycles. The standard InChI is InChI=1S/C20H24N4O2/c1-13-10-16(14(2)22-11-13)23-20(26)18-9-8-17(19(21)25)24(18)12-15-6-4-3-5-7-15/h3-7,10-11,17-18H,8-9,12H2,1-2H3,(H2,21,25)(H,23,26)/t17-,18+/m0/s1. The van der Waals surface area contributed by atoms with E-state index in [1.54, 1.807) is 6.20 Å². The smallest absolute Gasteiger partial charge is 0.241 e. The molecule has 2 aromatic rings. The van der Waals surface area contributed by atoms with Gasteiger partial charge in [-0.3, -0.25) is 19.5 Å². The van der Waals surface area contributed by atoms with Crippen molar-refractivity contribution in [2.45, 2.75) is 45.3 Å². The second-order valence-electron chi connectivity index (χ2n) is 6.80. The molecule has 3 rings (SSSR count). The van der Waals surface area contributed by atoms with Gasteiger partial charge in [0, 0.05) is 12.7 Å². The Bertz CT molecular complexity index is 807. The third kappa shape index (κ3) is 3.91. The van der Waals surface area contributed by atoms with Gasteiger partial charge < -0.3 is 11.1 Å². The number of nitrogens with one attached hydrogen (secondary N) is 1. The number of hydrogen-bond donors (Lipinski definition) is 2. The molecule has 6 nitrogen and oxygen atoms in total. The number of rotatable bonds is 5. The summed E-state index contributed by atoms with van der Waals surface area (Å²) in [6, 6.07) is 10.9. The van der Waals surface area contributed by atoms with Crippen molar-refractivity contribution >= 4 is 17.5 Å². The summed E-state index contributed by atoms with van der Waals surface area (Å²) in [4.78, 5) is 31.0. The van der Waals surface area contributed by atoms with Gasteiger partial charge in [-0.15, -0.1) is 0 Å². The highest BCUT2D eigenvalue weighted by Gasteiger charge is 2.40. The van der Waals surface area contributed by atoms with E-state index in [2.05, 4.69) is 10.3 Å². The molecule has 3 N–H and O–H groups in total. The van der Waals surface area contributed by atoms with Crippen molar-refractivity contribution in [1.82, 2.24) is 9.88 Å². The van der Waals surface area contributed by atoms with Crippen LogP contribution in [0, 0.1) is 13.8 Å². The van der Waals surface area contributed by atoms with E-state index in [4.69, 9.17) is 5.73 Å². The number of amides is 2. The average molecular weight is 352 g/mol. The van der Waals surface area contributed by atoms with Crippen LogP contribution in [0.25, 0.3) is 0 Å². The largest absolute Gasteiger partial charge is 0.368 e. The van der Waals surface area contributed by atoms with E-state index in [1.165, 1.54) is 0 Å². The molecule has 1 aliphatic heterocycles. The van der Waals surface area contributed by atoms with E-state index in [0.29, 0.717) is 25.1 Å². The number of carbonyl (C=O) groups is 2. The molecule has 136 valence electrons. The number of hydrogen-bond acceptors (Lipinski definition) is 4. The quantitative estimate of drug-likeness (QED) is 0.863. The molecule has 1 aromatic carbocycles. The molecule has 6 heteroatoms. The highest BCUT2D eigenvalue weighted by Crippen LogP contribution is 2.28. The monoisotopic (exact) mass is 352 g/mol. The van der Waals surface area contributed by atoms with Gasteiger partial charge in [0.25, 0.3) is 0 Å². The van der Waals surface area contributed by atoms with Crippen molar-refractivity contribution in [2.24, 2.45) is 5.73 Å². The summed E-state index contributed by atoms with van der Waals surface area (Å²) in [6.07, 6.45) is 2.96. The maximum atomic E-state index is 12.9. The van der Waals surface area contributed by atoms with Crippen molar-refractivity contribution in [1.29, 1.82) is 0 Å². The fraction of sp³-hybridized carbons (Fsp3) is 0.350. The summed E-state index contributed by atoms with van der Waals surface area (Å²) in [6.45, 7) is 4.30. The lowest BCUT2D eigenvalue weighted by atomic mass is 10.1. The van der Waals surface area contributed by atoms with Crippen molar-refractivity contribution < 1.29 is 9.59 Å².